The number of para-hydroxylation sites is 1. The molecule has 39 heavy (non-hydrogen) atoms. The molecule has 0 saturated heterocycles. The molecule has 0 spiro atoms. The van der Waals surface area contributed by atoms with Crippen molar-refractivity contribution < 1.29 is 0 Å². The zero-order chi connectivity index (χ0) is 26.3. The minimum atomic E-state index is 0.477. The molecule has 0 atom stereocenters. The van der Waals surface area contributed by atoms with E-state index in [0.29, 0.717) is 11.1 Å². The van der Waals surface area contributed by atoms with Gasteiger partial charge in [0.2, 0.25) is 0 Å². The lowest BCUT2D eigenvalue weighted by atomic mass is 9.96. The van der Waals surface area contributed by atoms with Crippen molar-refractivity contribution in [3.8, 4) is 45.6 Å². The number of hydrogen-bond donors (Lipinski definition) is 0. The lowest BCUT2D eigenvalue weighted by molar-refractivity contribution is 1.43. The van der Waals surface area contributed by atoms with Crippen molar-refractivity contribution in [3.05, 3.63) is 114 Å². The van der Waals surface area contributed by atoms with Gasteiger partial charge in [-0.2, -0.15) is 19.3 Å². The first-order chi connectivity index (χ1) is 19.2. The van der Waals surface area contributed by atoms with Gasteiger partial charge in [-0.05, 0) is 58.7 Å². The number of pyridine rings is 1. The number of aromatic nitrogens is 3. The lowest BCUT2D eigenvalue weighted by Gasteiger charge is -2.11. The molecule has 0 fully saturated rings. The number of nitriles is 2. The maximum atomic E-state index is 9.30. The Balaban J connectivity index is 1.28. The molecule has 7 rings (SSSR count). The van der Waals surface area contributed by atoms with Crippen molar-refractivity contribution in [2.75, 3.05) is 0 Å². The maximum Gasteiger partial charge on any atom is 0.113 e. The first-order valence-electron chi connectivity index (χ1n) is 12.3. The zero-order valence-corrected chi connectivity index (χ0v) is 21.3. The molecular formula is C33H17N5S. The number of fused-ring (bicyclic) bond motifs is 5. The highest BCUT2D eigenvalue weighted by molar-refractivity contribution is 7.00. The molecule has 5 nitrogen and oxygen atoms in total. The molecule has 180 valence electrons. The molecule has 0 radical (unpaired) electrons. The van der Waals surface area contributed by atoms with Crippen LogP contribution in [0.5, 0.6) is 0 Å². The van der Waals surface area contributed by atoms with Crippen molar-refractivity contribution in [3.63, 3.8) is 0 Å². The van der Waals surface area contributed by atoms with Gasteiger partial charge in [-0.15, -0.1) is 0 Å². The highest BCUT2D eigenvalue weighted by Gasteiger charge is 2.15. The molecule has 0 saturated carbocycles. The van der Waals surface area contributed by atoms with Crippen LogP contribution in [0.1, 0.15) is 11.1 Å². The summed E-state index contributed by atoms with van der Waals surface area (Å²) in [6, 6.07) is 38.4. The summed E-state index contributed by atoms with van der Waals surface area (Å²) >= 11 is 1.23. The molecule has 5 aromatic carbocycles. The van der Waals surface area contributed by atoms with Crippen LogP contribution in [-0.2, 0) is 0 Å². The Morgan fingerprint density at radius 2 is 1.15 bits per heavy atom. The predicted molar refractivity (Wildman–Crippen MR) is 156 cm³/mol. The fourth-order valence-corrected chi connectivity index (χ4v) is 5.65. The summed E-state index contributed by atoms with van der Waals surface area (Å²) in [6.07, 6.45) is 0. The molecule has 0 aliphatic heterocycles. The fourth-order valence-electron chi connectivity index (χ4n) is 5.10. The van der Waals surface area contributed by atoms with E-state index in [-0.39, 0.29) is 0 Å². The normalized spacial score (nSPS) is 11.0. The van der Waals surface area contributed by atoms with Crippen LogP contribution in [0.15, 0.2) is 103 Å². The average molecular weight is 516 g/mol. The third-order valence-electron chi connectivity index (χ3n) is 6.99. The second-order valence-corrected chi connectivity index (χ2v) is 9.80. The third-order valence-corrected chi connectivity index (χ3v) is 7.53. The van der Waals surface area contributed by atoms with Crippen molar-refractivity contribution >= 4 is 44.4 Å². The van der Waals surface area contributed by atoms with Crippen molar-refractivity contribution in [1.29, 1.82) is 10.5 Å². The Kier molecular flexibility index (Phi) is 5.33. The van der Waals surface area contributed by atoms with Gasteiger partial charge in [0.05, 0.1) is 46.2 Å². The molecule has 0 bridgehead atoms. The van der Waals surface area contributed by atoms with Gasteiger partial charge in [0.25, 0.3) is 0 Å². The third kappa shape index (κ3) is 3.88. The Labute approximate surface area is 228 Å². The van der Waals surface area contributed by atoms with Crippen LogP contribution in [0.2, 0.25) is 0 Å². The smallest absolute Gasteiger partial charge is 0.113 e. The molecular weight excluding hydrogens is 498 g/mol. The molecule has 0 aliphatic rings. The lowest BCUT2D eigenvalue weighted by Crippen LogP contribution is -1.91. The van der Waals surface area contributed by atoms with Crippen molar-refractivity contribution in [1.82, 2.24) is 13.7 Å². The number of rotatable bonds is 3. The summed E-state index contributed by atoms with van der Waals surface area (Å²) in [5, 5.41) is 21.8. The van der Waals surface area contributed by atoms with Gasteiger partial charge in [0.1, 0.15) is 11.0 Å². The van der Waals surface area contributed by atoms with Crippen LogP contribution in [0.3, 0.4) is 0 Å². The Morgan fingerprint density at radius 3 is 1.82 bits per heavy atom. The van der Waals surface area contributed by atoms with Crippen LogP contribution >= 0.6 is 11.7 Å². The molecule has 7 aromatic rings. The highest BCUT2D eigenvalue weighted by Crippen LogP contribution is 2.37. The van der Waals surface area contributed by atoms with E-state index in [4.69, 9.17) is 4.98 Å². The standard InChI is InChI=1S/C33H17N5S/c34-18-20-15-21(19-35)17-26(16-20)24-7-5-22(6-8-24)23-9-11-25(12-10-23)32-28-13-14-30-33(38-39-37-30)31(28)27-3-1-2-4-29(27)36-32/h1-17H. The highest BCUT2D eigenvalue weighted by atomic mass is 32.1. The molecule has 6 heteroatoms. The van der Waals surface area contributed by atoms with E-state index >= 15 is 0 Å². The average Bonchev–Trinajstić information content (AvgIpc) is 3.50. The van der Waals surface area contributed by atoms with Crippen LogP contribution in [0.4, 0.5) is 0 Å². The van der Waals surface area contributed by atoms with E-state index in [1.54, 1.807) is 18.2 Å². The zero-order valence-electron chi connectivity index (χ0n) is 20.5. The summed E-state index contributed by atoms with van der Waals surface area (Å²) in [7, 11) is 0. The van der Waals surface area contributed by atoms with E-state index in [1.165, 1.54) is 11.7 Å². The van der Waals surface area contributed by atoms with E-state index in [1.807, 2.05) is 36.4 Å². The van der Waals surface area contributed by atoms with Gasteiger partial charge in [0, 0.05) is 21.7 Å². The number of nitrogens with zero attached hydrogens (tertiary/aromatic N) is 5. The van der Waals surface area contributed by atoms with Crippen molar-refractivity contribution in [2.24, 2.45) is 0 Å². The summed E-state index contributed by atoms with van der Waals surface area (Å²) in [5.74, 6) is 0. The van der Waals surface area contributed by atoms with Crippen LogP contribution in [-0.4, -0.2) is 13.7 Å². The number of hydrogen-bond acceptors (Lipinski definition) is 6. The largest absolute Gasteiger partial charge is 0.247 e. The van der Waals surface area contributed by atoms with Gasteiger partial charge in [-0.1, -0.05) is 66.7 Å². The van der Waals surface area contributed by atoms with E-state index in [9.17, 15) is 10.5 Å². The molecule has 0 amide bonds. The fraction of sp³-hybridized carbons (Fsp3) is 0. The topological polar surface area (TPSA) is 86.2 Å². The maximum absolute atomic E-state index is 9.30. The quantitative estimate of drug-likeness (QED) is 0.222. The Hall–Kier alpha value is -5.43. The molecule has 0 N–H and O–H groups in total. The molecule has 2 aromatic heterocycles. The van der Waals surface area contributed by atoms with E-state index in [0.717, 1.165) is 66.2 Å². The number of benzene rings is 5. The van der Waals surface area contributed by atoms with Crippen LogP contribution in [0.25, 0.3) is 66.2 Å². The Morgan fingerprint density at radius 1 is 0.538 bits per heavy atom. The minimum absolute atomic E-state index is 0.477. The second kappa shape index (κ2) is 9.15. The Bertz CT molecular complexity index is 2100. The van der Waals surface area contributed by atoms with E-state index in [2.05, 4.69) is 69.4 Å². The van der Waals surface area contributed by atoms with Gasteiger partial charge < -0.3 is 0 Å². The van der Waals surface area contributed by atoms with Crippen molar-refractivity contribution in [2.45, 2.75) is 0 Å². The van der Waals surface area contributed by atoms with Gasteiger partial charge >= 0.3 is 0 Å². The monoisotopic (exact) mass is 515 g/mol. The van der Waals surface area contributed by atoms with Gasteiger partial charge in [0.15, 0.2) is 0 Å². The molecule has 0 unspecified atom stereocenters. The van der Waals surface area contributed by atoms with Crippen LogP contribution < -0.4 is 0 Å². The van der Waals surface area contributed by atoms with Gasteiger partial charge in [-0.25, -0.2) is 4.98 Å². The first-order valence-corrected chi connectivity index (χ1v) is 13.0. The van der Waals surface area contributed by atoms with Gasteiger partial charge in [-0.3, -0.25) is 0 Å². The molecule has 2 heterocycles. The molecule has 0 aliphatic carbocycles. The van der Waals surface area contributed by atoms with E-state index < -0.39 is 0 Å². The second-order valence-electron chi connectivity index (χ2n) is 9.27. The minimum Gasteiger partial charge on any atom is -0.247 e. The van der Waals surface area contributed by atoms with Crippen LogP contribution in [0, 0.1) is 22.7 Å². The summed E-state index contributed by atoms with van der Waals surface area (Å²) in [4.78, 5) is 5.05. The summed E-state index contributed by atoms with van der Waals surface area (Å²) < 4.78 is 9.05. The first kappa shape index (κ1) is 22.7. The predicted octanol–water partition coefficient (Wildman–Crippen LogP) is 8.14. The SMILES string of the molecule is N#Cc1cc(C#N)cc(-c2ccc(-c3ccc(-c4nc5ccccc5c5c4ccc4nsnc45)cc3)cc2)c1. The summed E-state index contributed by atoms with van der Waals surface area (Å²) in [5.41, 5.74) is 9.63. The summed E-state index contributed by atoms with van der Waals surface area (Å²) in [6.45, 7) is 0.